The fraction of sp³-hybridized carbons (Fsp3) is 0.556. The number of carbonyl (C=O) groups excluding carboxylic acids is 1. The summed E-state index contributed by atoms with van der Waals surface area (Å²) in [5.74, 6) is -0.447. The lowest BCUT2D eigenvalue weighted by Crippen LogP contribution is -2.42. The third-order valence-electron chi connectivity index (χ3n) is 4.61. The summed E-state index contributed by atoms with van der Waals surface area (Å²) < 4.78 is 11.3. The molecule has 6 heteroatoms. The van der Waals surface area contributed by atoms with Crippen LogP contribution in [0.5, 0.6) is 5.75 Å². The van der Waals surface area contributed by atoms with Crippen LogP contribution in [0.2, 0.25) is 0 Å². The van der Waals surface area contributed by atoms with Crippen LogP contribution in [-0.4, -0.2) is 54.3 Å². The van der Waals surface area contributed by atoms with Gasteiger partial charge in [-0.05, 0) is 25.3 Å². The first-order valence-corrected chi connectivity index (χ1v) is 8.49. The third kappa shape index (κ3) is 3.87. The van der Waals surface area contributed by atoms with Gasteiger partial charge in [0.2, 0.25) is 5.91 Å². The maximum absolute atomic E-state index is 13.1. The van der Waals surface area contributed by atoms with Gasteiger partial charge >= 0.3 is 5.97 Å². The van der Waals surface area contributed by atoms with E-state index in [-0.39, 0.29) is 30.9 Å². The number of rotatable bonds is 6. The van der Waals surface area contributed by atoms with E-state index in [1.165, 1.54) is 0 Å². The number of para-hydroxylation sites is 1. The number of nitrogens with zero attached hydrogens (tertiary/aromatic N) is 1. The number of hydrogen-bond acceptors (Lipinski definition) is 4. The summed E-state index contributed by atoms with van der Waals surface area (Å²) in [6, 6.07) is 7.57. The molecule has 0 bridgehead atoms. The molecule has 6 nitrogen and oxygen atoms in total. The Morgan fingerprint density at radius 3 is 2.79 bits per heavy atom. The van der Waals surface area contributed by atoms with E-state index in [0.717, 1.165) is 24.2 Å². The van der Waals surface area contributed by atoms with Gasteiger partial charge in [0.25, 0.3) is 0 Å². The number of aliphatic carboxylic acids is 1. The minimum Gasteiger partial charge on any atom is -0.493 e. The van der Waals surface area contributed by atoms with E-state index < -0.39 is 5.97 Å². The Bertz CT molecular complexity index is 597. The largest absolute Gasteiger partial charge is 0.493 e. The first-order valence-electron chi connectivity index (χ1n) is 8.49. The van der Waals surface area contributed by atoms with Gasteiger partial charge in [-0.2, -0.15) is 0 Å². The van der Waals surface area contributed by atoms with Crippen LogP contribution in [-0.2, 0) is 14.3 Å². The maximum Gasteiger partial charge on any atom is 0.305 e. The number of ether oxygens (including phenoxy) is 2. The highest BCUT2D eigenvalue weighted by molar-refractivity contribution is 5.85. The van der Waals surface area contributed by atoms with Crippen LogP contribution in [0.1, 0.15) is 37.2 Å². The minimum absolute atomic E-state index is 0.0119. The highest BCUT2D eigenvalue weighted by Crippen LogP contribution is 2.34. The highest BCUT2D eigenvalue weighted by Gasteiger charge is 2.32. The van der Waals surface area contributed by atoms with Gasteiger partial charge in [-0.1, -0.05) is 18.2 Å². The Balaban J connectivity index is 1.75. The molecule has 130 valence electrons. The summed E-state index contributed by atoms with van der Waals surface area (Å²) in [5, 5.41) is 8.98. The van der Waals surface area contributed by atoms with E-state index in [0.29, 0.717) is 26.2 Å². The maximum atomic E-state index is 13.1. The van der Waals surface area contributed by atoms with Gasteiger partial charge in [0, 0.05) is 25.3 Å². The van der Waals surface area contributed by atoms with Crippen LogP contribution in [0.15, 0.2) is 24.3 Å². The Morgan fingerprint density at radius 1 is 1.21 bits per heavy atom. The second-order valence-electron chi connectivity index (χ2n) is 6.29. The summed E-state index contributed by atoms with van der Waals surface area (Å²) in [5.41, 5.74) is 0.890. The van der Waals surface area contributed by atoms with Crippen LogP contribution in [0.3, 0.4) is 0 Å². The lowest BCUT2D eigenvalue weighted by molar-refractivity contribution is -0.139. The van der Waals surface area contributed by atoms with E-state index in [1.54, 1.807) is 4.90 Å². The monoisotopic (exact) mass is 333 g/mol. The molecule has 2 heterocycles. The highest BCUT2D eigenvalue weighted by atomic mass is 16.5. The normalized spacial score (nSPS) is 22.5. The standard InChI is InChI=1S/C18H23NO5/c20-17(21)7-9-19(12-13-4-3-10-23-13)18(22)15-8-11-24-16-6-2-1-5-14(15)16/h1-2,5-6,13,15H,3-4,7-12H2,(H,20,21)/t13-,15+/m0/s1. The lowest BCUT2D eigenvalue weighted by Gasteiger charge is -2.32. The smallest absolute Gasteiger partial charge is 0.305 e. The van der Waals surface area contributed by atoms with E-state index in [4.69, 9.17) is 14.6 Å². The number of fused-ring (bicyclic) bond motifs is 1. The van der Waals surface area contributed by atoms with Gasteiger partial charge in [0.05, 0.1) is 25.0 Å². The molecule has 2 atom stereocenters. The number of carboxylic acid groups (broad SMARTS) is 1. The van der Waals surface area contributed by atoms with Crippen LogP contribution < -0.4 is 4.74 Å². The van der Waals surface area contributed by atoms with Gasteiger partial charge in [-0.15, -0.1) is 0 Å². The first kappa shape index (κ1) is 16.8. The molecule has 0 saturated carbocycles. The zero-order valence-corrected chi connectivity index (χ0v) is 13.6. The lowest BCUT2D eigenvalue weighted by atomic mass is 9.91. The van der Waals surface area contributed by atoms with E-state index in [9.17, 15) is 9.59 Å². The third-order valence-corrected chi connectivity index (χ3v) is 4.61. The van der Waals surface area contributed by atoms with Crippen LogP contribution >= 0.6 is 0 Å². The number of benzene rings is 1. The first-order chi connectivity index (χ1) is 11.6. The van der Waals surface area contributed by atoms with E-state index >= 15 is 0 Å². The number of carbonyl (C=O) groups is 2. The number of carboxylic acids is 1. The fourth-order valence-corrected chi connectivity index (χ4v) is 3.38. The topological polar surface area (TPSA) is 76.1 Å². The Kier molecular flexibility index (Phi) is 5.35. The van der Waals surface area contributed by atoms with Crippen LogP contribution in [0.25, 0.3) is 0 Å². The summed E-state index contributed by atoms with van der Waals surface area (Å²) in [7, 11) is 0. The van der Waals surface area contributed by atoms with Crippen molar-refractivity contribution in [2.75, 3.05) is 26.3 Å². The zero-order valence-electron chi connectivity index (χ0n) is 13.6. The van der Waals surface area contributed by atoms with Crippen LogP contribution in [0, 0.1) is 0 Å². The van der Waals surface area contributed by atoms with E-state index in [2.05, 4.69) is 0 Å². The second kappa shape index (κ2) is 7.66. The average Bonchev–Trinajstić information content (AvgIpc) is 3.10. The Hall–Kier alpha value is -2.08. The predicted octanol–water partition coefficient (Wildman–Crippen LogP) is 2.03. The quantitative estimate of drug-likeness (QED) is 0.862. The number of amides is 1. The Labute approximate surface area is 141 Å². The van der Waals surface area contributed by atoms with Gasteiger partial charge in [-0.25, -0.2) is 0 Å². The molecule has 0 spiro atoms. The van der Waals surface area contributed by atoms with Gasteiger partial charge in [0.1, 0.15) is 5.75 Å². The molecule has 1 fully saturated rings. The average molecular weight is 333 g/mol. The molecule has 1 N–H and O–H groups in total. The molecule has 2 aliphatic heterocycles. The molecule has 3 rings (SSSR count). The van der Waals surface area contributed by atoms with Crippen LogP contribution in [0.4, 0.5) is 0 Å². The molecular weight excluding hydrogens is 310 g/mol. The van der Waals surface area contributed by atoms with Crippen molar-refractivity contribution in [2.24, 2.45) is 0 Å². The zero-order chi connectivity index (χ0) is 16.9. The summed E-state index contributed by atoms with van der Waals surface area (Å²) >= 11 is 0. The predicted molar refractivity (Wildman–Crippen MR) is 87.1 cm³/mol. The molecule has 0 unspecified atom stereocenters. The molecule has 0 radical (unpaired) electrons. The van der Waals surface area contributed by atoms with Gasteiger partial charge in [0.15, 0.2) is 0 Å². The minimum atomic E-state index is -0.896. The fourth-order valence-electron chi connectivity index (χ4n) is 3.38. The van der Waals surface area contributed by atoms with Crippen molar-refractivity contribution < 1.29 is 24.2 Å². The van der Waals surface area contributed by atoms with E-state index in [1.807, 2.05) is 24.3 Å². The van der Waals surface area contributed by atoms with Crippen molar-refractivity contribution in [1.82, 2.24) is 4.90 Å². The van der Waals surface area contributed by atoms with Crippen molar-refractivity contribution in [3.8, 4) is 5.75 Å². The molecule has 1 amide bonds. The number of hydrogen-bond donors (Lipinski definition) is 1. The molecule has 24 heavy (non-hydrogen) atoms. The molecule has 0 aromatic heterocycles. The van der Waals surface area contributed by atoms with Gasteiger partial charge in [-0.3, -0.25) is 9.59 Å². The summed E-state index contributed by atoms with van der Waals surface area (Å²) in [4.78, 5) is 25.7. The van der Waals surface area contributed by atoms with Crippen molar-refractivity contribution in [3.63, 3.8) is 0 Å². The molecule has 1 saturated heterocycles. The summed E-state index contributed by atoms with van der Waals surface area (Å²) in [6.07, 6.45) is 2.49. The molecular formula is C18H23NO5. The summed E-state index contributed by atoms with van der Waals surface area (Å²) in [6.45, 7) is 1.89. The molecule has 2 aliphatic rings. The van der Waals surface area contributed by atoms with Crippen molar-refractivity contribution in [2.45, 2.75) is 37.7 Å². The SMILES string of the molecule is O=C(O)CCN(C[C@@H]1CCCO1)C(=O)[C@@H]1CCOc2ccccc21. The second-order valence-corrected chi connectivity index (χ2v) is 6.29. The van der Waals surface area contributed by atoms with Gasteiger partial charge < -0.3 is 19.5 Å². The van der Waals surface area contributed by atoms with Crippen molar-refractivity contribution in [1.29, 1.82) is 0 Å². The van der Waals surface area contributed by atoms with Crippen molar-refractivity contribution in [3.05, 3.63) is 29.8 Å². The van der Waals surface area contributed by atoms with Crippen molar-refractivity contribution >= 4 is 11.9 Å². The Morgan fingerprint density at radius 2 is 2.04 bits per heavy atom. The molecule has 0 aliphatic carbocycles. The molecule has 1 aromatic carbocycles. The molecule has 1 aromatic rings.